The van der Waals surface area contributed by atoms with E-state index in [-0.39, 0.29) is 5.91 Å². The van der Waals surface area contributed by atoms with E-state index in [1.807, 2.05) is 0 Å². The summed E-state index contributed by atoms with van der Waals surface area (Å²) >= 11 is 1.45. The van der Waals surface area contributed by atoms with E-state index in [2.05, 4.69) is 11.8 Å². The average Bonchev–Trinajstić information content (AvgIpc) is 2.83. The molecule has 1 amide bonds. The Morgan fingerprint density at radius 3 is 2.52 bits per heavy atom. The van der Waals surface area contributed by atoms with Crippen LogP contribution in [0.4, 0.5) is 10.7 Å². The molecule has 0 spiro atoms. The lowest BCUT2D eigenvalue weighted by Gasteiger charge is -2.32. The molecule has 0 aromatic carbocycles. The Morgan fingerprint density at radius 1 is 1.43 bits per heavy atom. The smallest absolute Gasteiger partial charge is 0.265 e. The van der Waals surface area contributed by atoms with Crippen LogP contribution >= 0.6 is 11.3 Å². The highest BCUT2D eigenvalue weighted by molar-refractivity contribution is 7.19. The minimum Gasteiger partial charge on any atom is -0.492 e. The maximum atomic E-state index is 12.2. The first kappa shape index (κ1) is 15.9. The van der Waals surface area contributed by atoms with Gasteiger partial charge in [-0.25, -0.2) is 0 Å². The molecule has 1 aliphatic rings. The third-order valence-electron chi connectivity index (χ3n) is 4.17. The second-order valence-electron chi connectivity index (χ2n) is 5.72. The van der Waals surface area contributed by atoms with Crippen LogP contribution in [0.1, 0.15) is 35.9 Å². The number of anilines is 2. The summed E-state index contributed by atoms with van der Waals surface area (Å²) < 4.78 is 5.47. The van der Waals surface area contributed by atoms with Gasteiger partial charge in [-0.05, 0) is 18.8 Å². The number of hydrogen-bond donors (Lipinski definition) is 1. The van der Waals surface area contributed by atoms with Crippen molar-refractivity contribution in [3.05, 3.63) is 4.88 Å². The van der Waals surface area contributed by atoms with Gasteiger partial charge in [0.05, 0.1) is 7.11 Å². The Hall–Kier alpha value is -1.43. The SMILES string of the molecule is CCC1CCN(c2sc(C(=O)N(C)C)c(N)c2OC)CC1. The first-order chi connectivity index (χ1) is 9.99. The summed E-state index contributed by atoms with van der Waals surface area (Å²) in [7, 11) is 5.09. The number of amides is 1. The fourth-order valence-corrected chi connectivity index (χ4v) is 3.99. The van der Waals surface area contributed by atoms with Crippen molar-refractivity contribution in [3.8, 4) is 5.75 Å². The average molecular weight is 311 g/mol. The van der Waals surface area contributed by atoms with Crippen molar-refractivity contribution in [2.45, 2.75) is 26.2 Å². The fraction of sp³-hybridized carbons (Fsp3) is 0.667. The number of carbonyl (C=O) groups excluding carboxylic acids is 1. The summed E-state index contributed by atoms with van der Waals surface area (Å²) in [6, 6.07) is 0. The molecule has 0 unspecified atom stereocenters. The zero-order valence-electron chi connectivity index (χ0n) is 13.3. The van der Waals surface area contributed by atoms with Crippen LogP contribution in [0.5, 0.6) is 5.75 Å². The van der Waals surface area contributed by atoms with Gasteiger partial charge in [0.15, 0.2) is 5.75 Å². The Morgan fingerprint density at radius 2 is 2.05 bits per heavy atom. The van der Waals surface area contributed by atoms with Gasteiger partial charge in [-0.1, -0.05) is 13.3 Å². The molecule has 2 rings (SSSR count). The molecule has 118 valence electrons. The summed E-state index contributed by atoms with van der Waals surface area (Å²) in [6.45, 7) is 4.26. The van der Waals surface area contributed by atoms with Gasteiger partial charge in [0.1, 0.15) is 15.6 Å². The molecule has 21 heavy (non-hydrogen) atoms. The minimum absolute atomic E-state index is 0.0644. The molecule has 1 aromatic rings. The van der Waals surface area contributed by atoms with Crippen LogP contribution in [0.3, 0.4) is 0 Å². The van der Waals surface area contributed by atoms with Gasteiger partial charge < -0.3 is 20.3 Å². The molecule has 6 heteroatoms. The van der Waals surface area contributed by atoms with Gasteiger partial charge in [0, 0.05) is 27.2 Å². The summed E-state index contributed by atoms with van der Waals surface area (Å²) in [5.74, 6) is 1.40. The maximum Gasteiger partial charge on any atom is 0.265 e. The van der Waals surface area contributed by atoms with Gasteiger partial charge in [-0.2, -0.15) is 0 Å². The Bertz CT molecular complexity index is 505. The van der Waals surface area contributed by atoms with Crippen LogP contribution in [-0.4, -0.2) is 45.1 Å². The molecular formula is C15H25N3O2S. The first-order valence-electron chi connectivity index (χ1n) is 7.42. The van der Waals surface area contributed by atoms with E-state index in [1.165, 1.54) is 30.6 Å². The number of ether oxygens (including phenoxy) is 1. The number of nitrogens with zero attached hydrogens (tertiary/aromatic N) is 2. The number of rotatable bonds is 4. The molecule has 1 aliphatic heterocycles. The Labute approximate surface area is 130 Å². The molecule has 5 nitrogen and oxygen atoms in total. The fourth-order valence-electron chi connectivity index (χ4n) is 2.73. The number of carbonyl (C=O) groups is 1. The predicted molar refractivity (Wildman–Crippen MR) is 88.5 cm³/mol. The Kier molecular flexibility index (Phi) is 4.98. The van der Waals surface area contributed by atoms with Crippen molar-refractivity contribution in [3.63, 3.8) is 0 Å². The van der Waals surface area contributed by atoms with E-state index in [0.717, 1.165) is 24.0 Å². The van der Waals surface area contributed by atoms with E-state index >= 15 is 0 Å². The van der Waals surface area contributed by atoms with Crippen LogP contribution in [0.15, 0.2) is 0 Å². The molecular weight excluding hydrogens is 286 g/mol. The minimum atomic E-state index is -0.0644. The topological polar surface area (TPSA) is 58.8 Å². The zero-order valence-corrected chi connectivity index (χ0v) is 14.1. The lowest BCUT2D eigenvalue weighted by atomic mass is 9.94. The van der Waals surface area contributed by atoms with Crippen molar-refractivity contribution in [2.75, 3.05) is 44.9 Å². The van der Waals surface area contributed by atoms with Crippen molar-refractivity contribution in [1.29, 1.82) is 0 Å². The van der Waals surface area contributed by atoms with Crippen LogP contribution in [0, 0.1) is 5.92 Å². The third kappa shape index (κ3) is 3.10. The maximum absolute atomic E-state index is 12.2. The van der Waals surface area contributed by atoms with E-state index in [4.69, 9.17) is 10.5 Å². The summed E-state index contributed by atoms with van der Waals surface area (Å²) in [6.07, 6.45) is 3.62. The van der Waals surface area contributed by atoms with Gasteiger partial charge in [0.25, 0.3) is 5.91 Å². The van der Waals surface area contributed by atoms with Crippen molar-refractivity contribution in [1.82, 2.24) is 4.90 Å². The van der Waals surface area contributed by atoms with Crippen molar-refractivity contribution >= 4 is 27.9 Å². The largest absolute Gasteiger partial charge is 0.492 e. The van der Waals surface area contributed by atoms with Crippen molar-refractivity contribution < 1.29 is 9.53 Å². The molecule has 0 saturated carbocycles. The second-order valence-corrected chi connectivity index (χ2v) is 6.72. The first-order valence-corrected chi connectivity index (χ1v) is 8.24. The quantitative estimate of drug-likeness (QED) is 0.929. The number of thiophene rings is 1. The molecule has 0 bridgehead atoms. The summed E-state index contributed by atoms with van der Waals surface area (Å²) in [4.78, 5) is 16.6. The third-order valence-corrected chi connectivity index (χ3v) is 5.40. The van der Waals surface area contributed by atoms with Gasteiger partial charge in [-0.15, -0.1) is 11.3 Å². The van der Waals surface area contributed by atoms with E-state index in [1.54, 1.807) is 26.1 Å². The van der Waals surface area contributed by atoms with E-state index in [0.29, 0.717) is 16.3 Å². The molecule has 1 aromatic heterocycles. The summed E-state index contributed by atoms with van der Waals surface area (Å²) in [5, 5.41) is 0.995. The van der Waals surface area contributed by atoms with Crippen LogP contribution in [0.2, 0.25) is 0 Å². The molecule has 1 saturated heterocycles. The zero-order chi connectivity index (χ0) is 15.6. The van der Waals surface area contributed by atoms with Gasteiger partial charge in [0.2, 0.25) is 0 Å². The lowest BCUT2D eigenvalue weighted by molar-refractivity contribution is 0.0833. The number of piperidine rings is 1. The standard InChI is InChI=1S/C15H25N3O2S/c1-5-10-6-8-18(9-7-10)15-12(20-4)11(16)13(21-15)14(19)17(2)3/h10H,5-9,16H2,1-4H3. The predicted octanol–water partition coefficient (Wildman–Crippen LogP) is 2.67. The van der Waals surface area contributed by atoms with E-state index in [9.17, 15) is 4.79 Å². The van der Waals surface area contributed by atoms with Crippen LogP contribution < -0.4 is 15.4 Å². The summed E-state index contributed by atoms with van der Waals surface area (Å²) in [5.41, 5.74) is 6.59. The highest BCUT2D eigenvalue weighted by atomic mass is 32.1. The van der Waals surface area contributed by atoms with E-state index < -0.39 is 0 Å². The van der Waals surface area contributed by atoms with Crippen molar-refractivity contribution in [2.24, 2.45) is 5.92 Å². The molecule has 2 N–H and O–H groups in total. The Balaban J connectivity index is 2.27. The number of hydrogen-bond acceptors (Lipinski definition) is 5. The van der Waals surface area contributed by atoms with Crippen LogP contribution in [-0.2, 0) is 0 Å². The molecule has 2 heterocycles. The highest BCUT2D eigenvalue weighted by Gasteiger charge is 2.28. The van der Waals surface area contributed by atoms with Crippen LogP contribution in [0.25, 0.3) is 0 Å². The molecule has 0 atom stereocenters. The number of methoxy groups -OCH3 is 1. The lowest BCUT2D eigenvalue weighted by Crippen LogP contribution is -2.33. The normalized spacial score (nSPS) is 16.1. The molecule has 1 fully saturated rings. The van der Waals surface area contributed by atoms with Gasteiger partial charge >= 0.3 is 0 Å². The molecule has 0 radical (unpaired) electrons. The van der Waals surface area contributed by atoms with Gasteiger partial charge in [-0.3, -0.25) is 4.79 Å². The monoisotopic (exact) mass is 311 g/mol. The number of nitrogens with two attached hydrogens (primary N) is 1. The highest BCUT2D eigenvalue weighted by Crippen LogP contribution is 2.46. The second kappa shape index (κ2) is 6.56. The number of nitrogen functional groups attached to an aromatic ring is 1. The molecule has 0 aliphatic carbocycles.